The fourth-order valence-corrected chi connectivity index (χ4v) is 10.4. The molecular formula is C48H74Br2N2O2S2. The van der Waals surface area contributed by atoms with Crippen LogP contribution >= 0.6 is 54.5 Å². The molecule has 314 valence electrons. The second kappa shape index (κ2) is 29.7. The quantitative estimate of drug-likeness (QED) is 0.0585. The van der Waals surface area contributed by atoms with E-state index in [0.717, 1.165) is 55.8 Å². The van der Waals surface area contributed by atoms with Crippen LogP contribution in [0.2, 0.25) is 0 Å². The van der Waals surface area contributed by atoms with Crippen molar-refractivity contribution in [2.75, 3.05) is 22.9 Å². The minimum Gasteiger partial charge on any atom is -0.308 e. The van der Waals surface area contributed by atoms with Gasteiger partial charge in [0.1, 0.15) is 0 Å². The Bertz CT molecular complexity index is 1360. The largest absolute Gasteiger partial charge is 0.308 e. The van der Waals surface area contributed by atoms with Gasteiger partial charge in [0.15, 0.2) is 0 Å². The normalized spacial score (nSPS) is 12.5. The zero-order valence-corrected chi connectivity index (χ0v) is 40.2. The topological polar surface area (TPSA) is 40.6 Å². The molecule has 0 N–H and O–H groups in total. The highest BCUT2D eigenvalue weighted by atomic mass is 79.9. The van der Waals surface area contributed by atoms with Gasteiger partial charge < -0.3 is 9.80 Å². The van der Waals surface area contributed by atoms with E-state index in [1.54, 1.807) is 22.7 Å². The van der Waals surface area contributed by atoms with Crippen molar-refractivity contribution in [2.45, 2.75) is 182 Å². The summed E-state index contributed by atoms with van der Waals surface area (Å²) in [6, 6.07) is 12.3. The maximum Gasteiger partial charge on any atom is 0.260 e. The molecule has 0 bridgehead atoms. The summed E-state index contributed by atoms with van der Waals surface area (Å²) in [4.78, 5) is 32.9. The van der Waals surface area contributed by atoms with Crippen LogP contribution in [0.5, 0.6) is 0 Å². The lowest BCUT2D eigenvalue weighted by atomic mass is 9.93. The molecule has 2 aromatic heterocycles. The second-order valence-electron chi connectivity index (χ2n) is 16.1. The first-order chi connectivity index (χ1) is 27.3. The number of rotatable bonds is 32. The third kappa shape index (κ3) is 17.8. The first-order valence-electron chi connectivity index (χ1n) is 22.5. The molecule has 3 aromatic rings. The highest BCUT2D eigenvalue weighted by Gasteiger charge is 2.27. The fourth-order valence-electron chi connectivity index (χ4n) is 7.92. The van der Waals surface area contributed by atoms with E-state index >= 15 is 0 Å². The number of thiophene rings is 2. The molecule has 8 heteroatoms. The van der Waals surface area contributed by atoms with Crippen molar-refractivity contribution in [1.82, 2.24) is 0 Å². The Morgan fingerprint density at radius 1 is 0.464 bits per heavy atom. The zero-order valence-electron chi connectivity index (χ0n) is 35.4. The lowest BCUT2D eigenvalue weighted by Crippen LogP contribution is -2.37. The summed E-state index contributed by atoms with van der Waals surface area (Å²) in [5, 5.41) is 3.99. The Balaban J connectivity index is 1.92. The van der Waals surface area contributed by atoms with Crippen LogP contribution in [0.25, 0.3) is 0 Å². The molecule has 2 heterocycles. The molecule has 0 saturated heterocycles. The molecule has 56 heavy (non-hydrogen) atoms. The molecule has 0 aliphatic heterocycles. The molecule has 0 aliphatic rings. The van der Waals surface area contributed by atoms with E-state index in [2.05, 4.69) is 83.8 Å². The highest BCUT2D eigenvalue weighted by Crippen LogP contribution is 2.33. The SMILES string of the molecule is CCCCCCCCC(CCCCCC)CN(C(=O)c1ccsc1Br)c1ccc(N(CC(CCCCCC)CCCCCCCC)C(=O)c2ccsc2Br)cc1. The number of hydrogen-bond donors (Lipinski definition) is 0. The molecule has 3 rings (SSSR count). The lowest BCUT2D eigenvalue weighted by molar-refractivity contribution is 0.0973. The van der Waals surface area contributed by atoms with Gasteiger partial charge >= 0.3 is 0 Å². The third-order valence-corrected chi connectivity index (χ3v) is 14.8. The minimum absolute atomic E-state index is 0.0496. The first-order valence-corrected chi connectivity index (χ1v) is 25.9. The Labute approximate surface area is 367 Å². The summed E-state index contributed by atoms with van der Waals surface area (Å²) in [5.74, 6) is 0.995. The summed E-state index contributed by atoms with van der Waals surface area (Å²) in [7, 11) is 0. The van der Waals surface area contributed by atoms with E-state index in [4.69, 9.17) is 0 Å². The summed E-state index contributed by atoms with van der Waals surface area (Å²) < 4.78 is 1.76. The van der Waals surface area contributed by atoms with Crippen molar-refractivity contribution in [3.63, 3.8) is 0 Å². The number of anilines is 2. The van der Waals surface area contributed by atoms with Gasteiger partial charge in [-0.25, -0.2) is 0 Å². The Morgan fingerprint density at radius 2 is 0.750 bits per heavy atom. The van der Waals surface area contributed by atoms with Gasteiger partial charge in [0.25, 0.3) is 11.8 Å². The summed E-state index contributed by atoms with van der Waals surface area (Å²) in [6.45, 7) is 10.5. The Hall–Kier alpha value is -1.48. The number of halogens is 2. The van der Waals surface area contributed by atoms with Crippen LogP contribution in [0.1, 0.15) is 203 Å². The van der Waals surface area contributed by atoms with Gasteiger partial charge in [-0.05, 0) is 117 Å². The predicted octanol–water partition coefficient (Wildman–Crippen LogP) is 17.3. The Kier molecular flexibility index (Phi) is 25.9. The third-order valence-electron chi connectivity index (χ3n) is 11.4. The van der Waals surface area contributed by atoms with Crippen molar-refractivity contribution >= 4 is 77.7 Å². The van der Waals surface area contributed by atoms with E-state index in [9.17, 15) is 9.59 Å². The summed E-state index contributed by atoms with van der Waals surface area (Å²) >= 11 is 10.5. The summed E-state index contributed by atoms with van der Waals surface area (Å²) in [5.41, 5.74) is 3.27. The van der Waals surface area contributed by atoms with E-state index in [-0.39, 0.29) is 11.8 Å². The molecule has 2 atom stereocenters. The number of carbonyl (C=O) groups excluding carboxylic acids is 2. The number of amides is 2. The van der Waals surface area contributed by atoms with Gasteiger partial charge in [0.05, 0.1) is 18.7 Å². The van der Waals surface area contributed by atoms with E-state index in [0.29, 0.717) is 24.9 Å². The van der Waals surface area contributed by atoms with Gasteiger partial charge in [-0.1, -0.05) is 156 Å². The van der Waals surface area contributed by atoms with Crippen molar-refractivity contribution in [3.8, 4) is 0 Å². The molecule has 2 unspecified atom stereocenters. The number of carbonyl (C=O) groups is 2. The van der Waals surface area contributed by atoms with Crippen molar-refractivity contribution in [1.29, 1.82) is 0 Å². The molecule has 0 saturated carbocycles. The average molecular weight is 935 g/mol. The molecule has 0 fully saturated rings. The minimum atomic E-state index is 0.0496. The molecule has 2 amide bonds. The van der Waals surface area contributed by atoms with Gasteiger partial charge in [-0.15, -0.1) is 22.7 Å². The van der Waals surface area contributed by atoms with E-state index < -0.39 is 0 Å². The zero-order chi connectivity index (χ0) is 40.4. The highest BCUT2D eigenvalue weighted by molar-refractivity contribution is 9.11. The van der Waals surface area contributed by atoms with Gasteiger partial charge in [-0.3, -0.25) is 9.59 Å². The van der Waals surface area contributed by atoms with Gasteiger partial charge in [0, 0.05) is 24.5 Å². The smallest absolute Gasteiger partial charge is 0.260 e. The molecule has 4 nitrogen and oxygen atoms in total. The van der Waals surface area contributed by atoms with Crippen LogP contribution < -0.4 is 9.80 Å². The summed E-state index contributed by atoms with van der Waals surface area (Å²) in [6.07, 6.45) is 30.0. The number of unbranched alkanes of at least 4 members (excludes halogenated alkanes) is 16. The molecular weight excluding hydrogens is 860 g/mol. The monoisotopic (exact) mass is 932 g/mol. The standard InChI is InChI=1S/C48H74Br2N2O2S2/c1-5-9-13-17-19-23-27-39(25-21-15-11-7-3)37-51(47(53)43-33-35-55-45(43)49)41-29-31-42(32-30-41)52(48(54)44-34-36-56-46(44)50)38-40(26-22-16-12-8-4)28-24-20-18-14-10-6-2/h29-36,39-40H,5-28,37-38H2,1-4H3. The fraction of sp³-hybridized carbons (Fsp3) is 0.667. The molecule has 0 radical (unpaired) electrons. The number of benzene rings is 1. The van der Waals surface area contributed by atoms with E-state index in [1.807, 2.05) is 32.7 Å². The average Bonchev–Trinajstić information content (AvgIpc) is 3.85. The lowest BCUT2D eigenvalue weighted by Gasteiger charge is -2.30. The van der Waals surface area contributed by atoms with E-state index in [1.165, 1.54) is 128 Å². The van der Waals surface area contributed by atoms with Crippen molar-refractivity contribution in [3.05, 3.63) is 65.9 Å². The number of hydrogen-bond acceptors (Lipinski definition) is 4. The van der Waals surface area contributed by atoms with Crippen LogP contribution in [0, 0.1) is 11.8 Å². The van der Waals surface area contributed by atoms with Crippen LogP contribution in [-0.2, 0) is 0 Å². The molecule has 0 spiro atoms. The maximum absolute atomic E-state index is 14.4. The van der Waals surface area contributed by atoms with Crippen molar-refractivity contribution < 1.29 is 9.59 Å². The first kappa shape index (κ1) is 48.9. The Morgan fingerprint density at radius 3 is 1.04 bits per heavy atom. The second-order valence-corrected chi connectivity index (χ2v) is 20.6. The van der Waals surface area contributed by atoms with Gasteiger partial charge in [-0.2, -0.15) is 0 Å². The molecule has 1 aromatic carbocycles. The number of nitrogens with zero attached hydrogens (tertiary/aromatic N) is 2. The maximum atomic E-state index is 14.4. The van der Waals surface area contributed by atoms with Crippen molar-refractivity contribution in [2.24, 2.45) is 11.8 Å². The van der Waals surface area contributed by atoms with Crippen LogP contribution in [0.15, 0.2) is 54.7 Å². The van der Waals surface area contributed by atoms with Crippen LogP contribution in [0.3, 0.4) is 0 Å². The molecule has 0 aliphatic carbocycles. The predicted molar refractivity (Wildman–Crippen MR) is 254 cm³/mol. The van der Waals surface area contributed by atoms with Gasteiger partial charge in [0.2, 0.25) is 0 Å². The van der Waals surface area contributed by atoms with Crippen LogP contribution in [-0.4, -0.2) is 24.9 Å². The van der Waals surface area contributed by atoms with Crippen LogP contribution in [0.4, 0.5) is 11.4 Å².